The molecule has 1 aromatic heterocycles. The number of hydrogen-bond acceptors (Lipinski definition) is 4. The fourth-order valence-electron chi connectivity index (χ4n) is 1.73. The number of rotatable bonds is 5. The van der Waals surface area contributed by atoms with E-state index in [1.807, 2.05) is 35.7 Å². The Kier molecular flexibility index (Phi) is 4.84. The van der Waals surface area contributed by atoms with Crippen LogP contribution in [0.1, 0.15) is 23.7 Å². The van der Waals surface area contributed by atoms with E-state index in [-0.39, 0.29) is 12.3 Å². The van der Waals surface area contributed by atoms with Crippen LogP contribution in [-0.2, 0) is 16.0 Å². The lowest BCUT2D eigenvalue weighted by atomic mass is 10.1. The summed E-state index contributed by atoms with van der Waals surface area (Å²) in [6.07, 6.45) is 3.69. The van der Waals surface area contributed by atoms with Crippen LogP contribution < -0.4 is 5.32 Å². The quantitative estimate of drug-likeness (QED) is 0.890. The fourth-order valence-corrected chi connectivity index (χ4v) is 2.46. The van der Waals surface area contributed by atoms with E-state index in [1.165, 1.54) is 18.3 Å². The Bertz CT molecular complexity index is 692. The molecule has 2 N–H and O–H groups in total. The number of amides is 1. The zero-order valence-corrected chi connectivity index (χ0v) is 12.2. The lowest BCUT2D eigenvalue weighted by molar-refractivity contribution is -0.136. The van der Waals surface area contributed by atoms with Gasteiger partial charge in [0, 0.05) is 12.3 Å². The summed E-state index contributed by atoms with van der Waals surface area (Å²) < 4.78 is 0. The van der Waals surface area contributed by atoms with E-state index in [0.29, 0.717) is 5.13 Å². The highest BCUT2D eigenvalue weighted by Gasteiger charge is 2.02. The van der Waals surface area contributed by atoms with Gasteiger partial charge in [-0.15, -0.1) is 11.3 Å². The first kappa shape index (κ1) is 14.9. The normalized spacial score (nSPS) is 10.7. The summed E-state index contributed by atoms with van der Waals surface area (Å²) in [6, 6.07) is 7.32. The molecular formula is C15H14N2O3S. The lowest BCUT2D eigenvalue weighted by Gasteiger charge is -1.98. The van der Waals surface area contributed by atoms with Crippen LogP contribution in [0.3, 0.4) is 0 Å². The predicted octanol–water partition coefficient (Wildman–Crippen LogP) is 2.90. The predicted molar refractivity (Wildman–Crippen MR) is 83.1 cm³/mol. The van der Waals surface area contributed by atoms with Crippen LogP contribution in [0.5, 0.6) is 0 Å². The van der Waals surface area contributed by atoms with Gasteiger partial charge >= 0.3 is 5.97 Å². The van der Waals surface area contributed by atoms with Gasteiger partial charge in [0.1, 0.15) is 0 Å². The third kappa shape index (κ3) is 4.85. The Morgan fingerprint density at radius 1 is 1.38 bits per heavy atom. The number of carbonyl (C=O) groups excluding carboxylic acids is 1. The average molecular weight is 302 g/mol. The third-order valence-corrected chi connectivity index (χ3v) is 3.33. The van der Waals surface area contributed by atoms with E-state index < -0.39 is 5.97 Å². The molecule has 6 heteroatoms. The largest absolute Gasteiger partial charge is 0.481 e. The molecule has 0 aliphatic carbocycles. The van der Waals surface area contributed by atoms with Crippen LogP contribution in [0.4, 0.5) is 5.13 Å². The first-order chi connectivity index (χ1) is 10.0. The van der Waals surface area contributed by atoms with E-state index in [4.69, 9.17) is 5.11 Å². The summed E-state index contributed by atoms with van der Waals surface area (Å²) >= 11 is 1.35. The van der Waals surface area contributed by atoms with Gasteiger partial charge in [-0.25, -0.2) is 4.98 Å². The van der Waals surface area contributed by atoms with Crippen LogP contribution in [0.2, 0.25) is 0 Å². The summed E-state index contributed by atoms with van der Waals surface area (Å²) in [6.45, 7) is 1.44. The monoisotopic (exact) mass is 302 g/mol. The molecule has 1 amide bonds. The van der Waals surface area contributed by atoms with Gasteiger partial charge in [-0.2, -0.15) is 0 Å². The number of carboxylic acids is 1. The van der Waals surface area contributed by atoms with Crippen molar-refractivity contribution in [3.05, 3.63) is 46.5 Å². The van der Waals surface area contributed by atoms with Gasteiger partial charge in [-0.3, -0.25) is 9.59 Å². The maximum atomic E-state index is 10.9. The van der Waals surface area contributed by atoms with Crippen LogP contribution >= 0.6 is 11.3 Å². The van der Waals surface area contributed by atoms with E-state index in [1.54, 1.807) is 6.07 Å². The molecule has 21 heavy (non-hydrogen) atoms. The molecule has 0 atom stereocenters. The van der Waals surface area contributed by atoms with Crippen molar-refractivity contribution in [1.29, 1.82) is 0 Å². The van der Waals surface area contributed by atoms with E-state index in [0.717, 1.165) is 16.8 Å². The standard InChI is InChI=1S/C15H14N2O3S/c1-10(18)16-15-17-13(9-21-15)6-5-11-3-2-4-12(7-11)8-14(19)20/h2-7,9H,8H2,1H3,(H,19,20)(H,16,17,18). The average Bonchev–Trinajstić information content (AvgIpc) is 2.83. The molecule has 2 rings (SSSR count). The topological polar surface area (TPSA) is 79.3 Å². The number of anilines is 1. The molecule has 0 unspecified atom stereocenters. The molecule has 5 nitrogen and oxygen atoms in total. The molecule has 1 aromatic carbocycles. The lowest BCUT2D eigenvalue weighted by Crippen LogP contribution is -2.04. The number of aliphatic carboxylic acids is 1. The zero-order valence-electron chi connectivity index (χ0n) is 11.4. The molecule has 108 valence electrons. The first-order valence-electron chi connectivity index (χ1n) is 6.25. The molecule has 0 saturated carbocycles. The van der Waals surface area contributed by atoms with Crippen molar-refractivity contribution < 1.29 is 14.7 Å². The molecule has 0 aliphatic heterocycles. The van der Waals surface area contributed by atoms with Crippen molar-refractivity contribution in [2.75, 3.05) is 5.32 Å². The second kappa shape index (κ2) is 6.81. The van der Waals surface area contributed by atoms with Gasteiger partial charge in [-0.05, 0) is 17.2 Å². The highest BCUT2D eigenvalue weighted by atomic mass is 32.1. The fraction of sp³-hybridized carbons (Fsp3) is 0.133. The van der Waals surface area contributed by atoms with Crippen molar-refractivity contribution in [3.8, 4) is 0 Å². The minimum absolute atomic E-state index is 0.00502. The number of benzene rings is 1. The Morgan fingerprint density at radius 3 is 2.90 bits per heavy atom. The number of carboxylic acid groups (broad SMARTS) is 1. The molecule has 0 radical (unpaired) electrons. The van der Waals surface area contributed by atoms with Gasteiger partial charge < -0.3 is 10.4 Å². The van der Waals surface area contributed by atoms with Crippen LogP contribution in [0.15, 0.2) is 29.6 Å². The minimum atomic E-state index is -0.851. The molecule has 0 saturated heterocycles. The second-order valence-corrected chi connectivity index (χ2v) is 5.27. The van der Waals surface area contributed by atoms with Crippen LogP contribution in [0, 0.1) is 0 Å². The highest BCUT2D eigenvalue weighted by Crippen LogP contribution is 2.17. The molecule has 0 fully saturated rings. The maximum absolute atomic E-state index is 10.9. The number of carbonyl (C=O) groups is 2. The smallest absolute Gasteiger partial charge is 0.307 e. The van der Waals surface area contributed by atoms with Gasteiger partial charge in [0.25, 0.3) is 0 Å². The number of thiazole rings is 1. The van der Waals surface area contributed by atoms with Crippen molar-refractivity contribution in [2.45, 2.75) is 13.3 Å². The molecule has 2 aromatic rings. The van der Waals surface area contributed by atoms with Crippen LogP contribution in [-0.4, -0.2) is 22.0 Å². The van der Waals surface area contributed by atoms with Crippen molar-refractivity contribution in [3.63, 3.8) is 0 Å². The maximum Gasteiger partial charge on any atom is 0.307 e. The zero-order chi connectivity index (χ0) is 15.2. The number of nitrogens with one attached hydrogen (secondary N) is 1. The van der Waals surface area contributed by atoms with Crippen molar-refractivity contribution in [2.24, 2.45) is 0 Å². The number of aromatic nitrogens is 1. The number of nitrogens with zero attached hydrogens (tertiary/aromatic N) is 1. The van der Waals surface area contributed by atoms with E-state index >= 15 is 0 Å². The van der Waals surface area contributed by atoms with E-state index in [2.05, 4.69) is 10.3 Å². The van der Waals surface area contributed by atoms with Crippen molar-refractivity contribution in [1.82, 2.24) is 4.98 Å². The van der Waals surface area contributed by atoms with Gasteiger partial charge in [0.15, 0.2) is 5.13 Å². The summed E-state index contributed by atoms with van der Waals surface area (Å²) in [5, 5.41) is 13.8. The van der Waals surface area contributed by atoms with E-state index in [9.17, 15) is 9.59 Å². The summed E-state index contributed by atoms with van der Waals surface area (Å²) in [5.74, 6) is -1.00. The van der Waals surface area contributed by atoms with Gasteiger partial charge in [0.2, 0.25) is 5.91 Å². The van der Waals surface area contributed by atoms with Crippen LogP contribution in [0.25, 0.3) is 12.2 Å². The summed E-state index contributed by atoms with van der Waals surface area (Å²) in [7, 11) is 0. The van der Waals surface area contributed by atoms with Gasteiger partial charge in [-0.1, -0.05) is 30.3 Å². The Labute approximate surface area is 126 Å². The van der Waals surface area contributed by atoms with Gasteiger partial charge in [0.05, 0.1) is 12.1 Å². The molecule has 0 spiro atoms. The third-order valence-electron chi connectivity index (χ3n) is 2.56. The summed E-state index contributed by atoms with van der Waals surface area (Å²) in [4.78, 5) is 25.8. The second-order valence-electron chi connectivity index (χ2n) is 4.41. The minimum Gasteiger partial charge on any atom is -0.481 e. The Morgan fingerprint density at radius 2 is 2.19 bits per heavy atom. The first-order valence-corrected chi connectivity index (χ1v) is 7.13. The highest BCUT2D eigenvalue weighted by molar-refractivity contribution is 7.14. The molecule has 0 aliphatic rings. The summed E-state index contributed by atoms with van der Waals surface area (Å²) in [5.41, 5.74) is 2.40. The Hall–Kier alpha value is -2.47. The van der Waals surface area contributed by atoms with Crippen molar-refractivity contribution >= 4 is 40.5 Å². The Balaban J connectivity index is 2.08. The number of hydrogen-bond donors (Lipinski definition) is 2. The SMILES string of the molecule is CC(=O)Nc1nc(C=Cc2cccc(CC(=O)O)c2)cs1. The molecular weight excluding hydrogens is 288 g/mol. The molecule has 0 bridgehead atoms. The molecule has 1 heterocycles.